The molecule has 0 aliphatic carbocycles. The molecule has 0 N–H and O–H groups in total. The normalized spacial score (nSPS) is 11.8. The molecule has 0 spiro atoms. The van der Waals surface area contributed by atoms with Gasteiger partial charge in [-0.2, -0.15) is 0 Å². The summed E-state index contributed by atoms with van der Waals surface area (Å²) in [7, 11) is 0. The zero-order valence-corrected chi connectivity index (χ0v) is 21.4. The van der Waals surface area contributed by atoms with Crippen LogP contribution < -0.4 is 0 Å². The first-order valence-electron chi connectivity index (χ1n) is 12.9. The molecule has 2 heterocycles. The van der Waals surface area contributed by atoms with Crippen LogP contribution in [0.1, 0.15) is 50.7 Å². The smallest absolute Gasteiger partial charge is 0.0531 e. The molecule has 6 rings (SSSR count). The Morgan fingerprint density at radius 3 is 1.17 bits per heavy atom. The highest BCUT2D eigenvalue weighted by Crippen LogP contribution is 2.32. The average molecular weight is 469 g/mol. The second kappa shape index (κ2) is 8.87. The number of para-hydroxylation sites is 2. The van der Waals surface area contributed by atoms with Crippen molar-refractivity contribution in [1.82, 2.24) is 9.13 Å². The SMILES string of the molecule is CC(C)c1cn(-c2ccc(-c3ccc(-n4cc(C(C)C)c5ccccc54)cc3)cc2)c2ccccc12. The molecule has 0 saturated carbocycles. The van der Waals surface area contributed by atoms with E-state index in [2.05, 4.69) is 146 Å². The molecule has 0 fully saturated rings. The molecular formula is C34H32N2. The van der Waals surface area contributed by atoms with Crippen molar-refractivity contribution in [2.24, 2.45) is 0 Å². The number of nitrogens with zero attached hydrogens (tertiary/aromatic N) is 2. The zero-order valence-electron chi connectivity index (χ0n) is 21.4. The molecule has 2 aromatic heterocycles. The summed E-state index contributed by atoms with van der Waals surface area (Å²) in [5, 5.41) is 2.68. The van der Waals surface area contributed by atoms with Gasteiger partial charge in [-0.05, 0) is 70.5 Å². The van der Waals surface area contributed by atoms with E-state index < -0.39 is 0 Å². The highest BCUT2D eigenvalue weighted by Gasteiger charge is 2.13. The van der Waals surface area contributed by atoms with Crippen molar-refractivity contribution < 1.29 is 0 Å². The lowest BCUT2D eigenvalue weighted by molar-refractivity contribution is 0.869. The van der Waals surface area contributed by atoms with Gasteiger partial charge in [-0.1, -0.05) is 88.4 Å². The van der Waals surface area contributed by atoms with Crippen LogP contribution in [0.15, 0.2) is 109 Å². The Morgan fingerprint density at radius 2 is 0.806 bits per heavy atom. The van der Waals surface area contributed by atoms with Gasteiger partial charge in [-0.15, -0.1) is 0 Å². The number of fused-ring (bicyclic) bond motifs is 2. The van der Waals surface area contributed by atoms with Gasteiger partial charge in [0.2, 0.25) is 0 Å². The van der Waals surface area contributed by atoms with Crippen LogP contribution in [0.5, 0.6) is 0 Å². The van der Waals surface area contributed by atoms with Gasteiger partial charge < -0.3 is 9.13 Å². The summed E-state index contributed by atoms with van der Waals surface area (Å²) in [6.07, 6.45) is 4.60. The monoisotopic (exact) mass is 468 g/mol. The number of aromatic nitrogens is 2. The van der Waals surface area contributed by atoms with Crippen LogP contribution in [0.4, 0.5) is 0 Å². The fourth-order valence-corrected chi connectivity index (χ4v) is 5.39. The molecule has 2 heteroatoms. The molecule has 0 amide bonds. The van der Waals surface area contributed by atoms with Crippen molar-refractivity contribution in [2.75, 3.05) is 0 Å². The largest absolute Gasteiger partial charge is 0.316 e. The molecule has 0 unspecified atom stereocenters. The van der Waals surface area contributed by atoms with Gasteiger partial charge in [0.15, 0.2) is 0 Å². The van der Waals surface area contributed by atoms with E-state index in [4.69, 9.17) is 0 Å². The van der Waals surface area contributed by atoms with Crippen LogP contribution >= 0.6 is 0 Å². The summed E-state index contributed by atoms with van der Waals surface area (Å²) < 4.78 is 4.64. The van der Waals surface area contributed by atoms with E-state index in [1.54, 1.807) is 0 Å². The summed E-state index contributed by atoms with van der Waals surface area (Å²) in [6, 6.07) is 35.2. The van der Waals surface area contributed by atoms with Gasteiger partial charge in [0.05, 0.1) is 11.0 Å². The van der Waals surface area contributed by atoms with Crippen molar-refractivity contribution >= 4 is 21.8 Å². The molecule has 36 heavy (non-hydrogen) atoms. The average Bonchev–Trinajstić information content (AvgIpc) is 3.49. The summed E-state index contributed by atoms with van der Waals surface area (Å²) in [4.78, 5) is 0. The fraction of sp³-hybridized carbons (Fsp3) is 0.176. The molecule has 0 bridgehead atoms. The highest BCUT2D eigenvalue weighted by atomic mass is 15.0. The molecule has 2 nitrogen and oxygen atoms in total. The molecule has 0 atom stereocenters. The quantitative estimate of drug-likeness (QED) is 0.238. The standard InChI is InChI=1S/C34H32N2/c1-23(2)31-21-35(33-11-7-5-9-29(31)33)27-17-13-25(14-18-27)26-15-19-28(20-16-26)36-22-32(24(3)4)30-10-6-8-12-34(30)36/h5-24H,1-4H3. The van der Waals surface area contributed by atoms with Crippen molar-refractivity contribution in [3.63, 3.8) is 0 Å². The maximum atomic E-state index is 2.32. The lowest BCUT2D eigenvalue weighted by Gasteiger charge is -2.09. The minimum absolute atomic E-state index is 0.489. The summed E-state index contributed by atoms with van der Waals surface area (Å²) in [5.41, 5.74) is 10.2. The molecule has 178 valence electrons. The number of hydrogen-bond donors (Lipinski definition) is 0. The van der Waals surface area contributed by atoms with Gasteiger partial charge in [-0.3, -0.25) is 0 Å². The van der Waals surface area contributed by atoms with Crippen molar-refractivity contribution in [3.05, 3.63) is 121 Å². The van der Waals surface area contributed by atoms with Crippen LogP contribution in [-0.4, -0.2) is 9.13 Å². The van der Waals surface area contributed by atoms with Gasteiger partial charge in [0, 0.05) is 34.5 Å². The van der Waals surface area contributed by atoms with Crippen LogP contribution in [-0.2, 0) is 0 Å². The second-order valence-corrected chi connectivity index (χ2v) is 10.3. The van der Waals surface area contributed by atoms with E-state index in [0.717, 1.165) is 0 Å². The van der Waals surface area contributed by atoms with Crippen molar-refractivity contribution in [1.29, 1.82) is 0 Å². The second-order valence-electron chi connectivity index (χ2n) is 10.3. The predicted molar refractivity (Wildman–Crippen MR) is 154 cm³/mol. The first-order chi connectivity index (χ1) is 17.5. The van der Waals surface area contributed by atoms with E-state index >= 15 is 0 Å². The van der Waals surface area contributed by atoms with E-state index in [1.807, 2.05) is 0 Å². The Balaban J connectivity index is 1.33. The minimum Gasteiger partial charge on any atom is -0.316 e. The van der Waals surface area contributed by atoms with Crippen LogP contribution in [0.25, 0.3) is 44.3 Å². The van der Waals surface area contributed by atoms with E-state index in [-0.39, 0.29) is 0 Å². The maximum absolute atomic E-state index is 2.32. The fourth-order valence-electron chi connectivity index (χ4n) is 5.39. The van der Waals surface area contributed by atoms with Gasteiger partial charge >= 0.3 is 0 Å². The Labute approximate surface area is 213 Å². The van der Waals surface area contributed by atoms with Gasteiger partial charge in [0.25, 0.3) is 0 Å². The first-order valence-corrected chi connectivity index (χ1v) is 12.9. The highest BCUT2D eigenvalue weighted by molar-refractivity contribution is 5.87. The number of rotatable bonds is 5. The molecule has 0 aliphatic heterocycles. The molecule has 6 aromatic rings. The molecule has 0 saturated heterocycles. The maximum Gasteiger partial charge on any atom is 0.0531 e. The third-order valence-electron chi connectivity index (χ3n) is 7.35. The predicted octanol–water partition coefficient (Wildman–Crippen LogP) is 9.49. The van der Waals surface area contributed by atoms with E-state index in [9.17, 15) is 0 Å². The van der Waals surface area contributed by atoms with E-state index in [1.165, 1.54) is 55.4 Å². The van der Waals surface area contributed by atoms with Crippen LogP contribution in [0, 0.1) is 0 Å². The number of hydrogen-bond acceptors (Lipinski definition) is 0. The molecular weight excluding hydrogens is 436 g/mol. The van der Waals surface area contributed by atoms with Crippen LogP contribution in [0.3, 0.4) is 0 Å². The Hall–Kier alpha value is -4.04. The Bertz CT molecular complexity index is 1530. The van der Waals surface area contributed by atoms with E-state index in [0.29, 0.717) is 11.8 Å². The third kappa shape index (κ3) is 3.74. The van der Waals surface area contributed by atoms with Gasteiger partial charge in [0.1, 0.15) is 0 Å². The topological polar surface area (TPSA) is 9.86 Å². The molecule has 0 aliphatic rings. The summed E-state index contributed by atoms with van der Waals surface area (Å²) in [6.45, 7) is 9.05. The lowest BCUT2D eigenvalue weighted by Crippen LogP contribution is -1.93. The molecule has 0 radical (unpaired) electrons. The summed E-state index contributed by atoms with van der Waals surface area (Å²) in [5.74, 6) is 0.978. The van der Waals surface area contributed by atoms with Crippen LogP contribution in [0.2, 0.25) is 0 Å². The van der Waals surface area contributed by atoms with Gasteiger partial charge in [-0.25, -0.2) is 0 Å². The Kier molecular flexibility index (Phi) is 5.53. The minimum atomic E-state index is 0.489. The van der Waals surface area contributed by atoms with Crippen molar-refractivity contribution in [2.45, 2.75) is 39.5 Å². The Morgan fingerprint density at radius 1 is 0.444 bits per heavy atom. The van der Waals surface area contributed by atoms with Crippen molar-refractivity contribution in [3.8, 4) is 22.5 Å². The first kappa shape index (κ1) is 22.4. The lowest BCUT2D eigenvalue weighted by atomic mass is 10.0. The third-order valence-corrected chi connectivity index (χ3v) is 7.35. The number of benzene rings is 4. The summed E-state index contributed by atoms with van der Waals surface area (Å²) >= 11 is 0. The zero-order chi connectivity index (χ0) is 24.8. The molecule has 4 aromatic carbocycles.